The van der Waals surface area contributed by atoms with Gasteiger partial charge in [-0.25, -0.2) is 8.42 Å². The number of rotatable bonds is 3. The van der Waals surface area contributed by atoms with E-state index >= 15 is 0 Å². The molecular weight excluding hydrogens is 311 g/mol. The maximum Gasteiger partial charge on any atom is 0.405 e. The van der Waals surface area contributed by atoms with E-state index in [4.69, 9.17) is 5.11 Å². The van der Waals surface area contributed by atoms with E-state index in [0.29, 0.717) is 0 Å². The molecule has 1 aromatic rings. The minimum Gasteiger partial charge on any atom is -0.480 e. The van der Waals surface area contributed by atoms with Crippen LogP contribution in [0.1, 0.15) is 12.8 Å². The summed E-state index contributed by atoms with van der Waals surface area (Å²) in [6.45, 7) is 0. The molecule has 21 heavy (non-hydrogen) atoms. The van der Waals surface area contributed by atoms with Gasteiger partial charge in [-0.2, -0.15) is 17.5 Å². The lowest BCUT2D eigenvalue weighted by Gasteiger charge is -2.28. The van der Waals surface area contributed by atoms with Gasteiger partial charge in [0.05, 0.1) is 4.90 Å². The maximum atomic E-state index is 13.0. The van der Waals surface area contributed by atoms with E-state index in [0.717, 1.165) is 12.1 Å². The Hall–Kier alpha value is -1.61. The van der Waals surface area contributed by atoms with Gasteiger partial charge in [0, 0.05) is 0 Å². The average molecular weight is 323 g/mol. The molecule has 0 bridgehead atoms. The van der Waals surface area contributed by atoms with Crippen LogP contribution >= 0.6 is 0 Å². The number of halogens is 3. The zero-order valence-corrected chi connectivity index (χ0v) is 11.4. The second-order valence-electron chi connectivity index (χ2n) is 4.64. The lowest BCUT2D eigenvalue weighted by atomic mass is 10.2. The van der Waals surface area contributed by atoms with Crippen LogP contribution in [-0.4, -0.2) is 42.1 Å². The van der Waals surface area contributed by atoms with Crippen molar-refractivity contribution in [3.05, 3.63) is 30.3 Å². The molecule has 1 fully saturated rings. The molecule has 1 aromatic carbocycles. The van der Waals surface area contributed by atoms with Crippen molar-refractivity contribution in [2.45, 2.75) is 36.0 Å². The van der Waals surface area contributed by atoms with E-state index in [-0.39, 0.29) is 15.6 Å². The molecular formula is C12H12F3NO4S. The zero-order chi connectivity index (χ0) is 15.8. The predicted molar refractivity (Wildman–Crippen MR) is 66.0 cm³/mol. The van der Waals surface area contributed by atoms with Crippen LogP contribution in [0.4, 0.5) is 13.2 Å². The third kappa shape index (κ3) is 2.88. The monoisotopic (exact) mass is 323 g/mol. The van der Waals surface area contributed by atoms with Gasteiger partial charge in [0.15, 0.2) is 0 Å². The van der Waals surface area contributed by atoms with Crippen LogP contribution in [-0.2, 0) is 14.8 Å². The molecule has 2 unspecified atom stereocenters. The Morgan fingerprint density at radius 2 is 1.76 bits per heavy atom. The SMILES string of the molecule is O=C(O)C1CCC(C(F)(F)F)N1S(=O)(=O)c1ccccc1. The van der Waals surface area contributed by atoms with E-state index < -0.39 is 40.7 Å². The van der Waals surface area contributed by atoms with Gasteiger partial charge in [-0.3, -0.25) is 4.79 Å². The van der Waals surface area contributed by atoms with Gasteiger partial charge >= 0.3 is 12.1 Å². The Balaban J connectivity index is 2.52. The average Bonchev–Trinajstić information content (AvgIpc) is 2.85. The minimum atomic E-state index is -4.81. The highest BCUT2D eigenvalue weighted by atomic mass is 32.2. The first-order valence-electron chi connectivity index (χ1n) is 6.04. The van der Waals surface area contributed by atoms with Gasteiger partial charge in [-0.15, -0.1) is 0 Å². The van der Waals surface area contributed by atoms with Crippen LogP contribution in [0.2, 0.25) is 0 Å². The minimum absolute atomic E-state index is 0.0741. The van der Waals surface area contributed by atoms with Crippen LogP contribution in [0.5, 0.6) is 0 Å². The molecule has 1 saturated heterocycles. The molecule has 2 rings (SSSR count). The second-order valence-corrected chi connectivity index (χ2v) is 6.48. The predicted octanol–water partition coefficient (Wildman–Crippen LogP) is 1.86. The van der Waals surface area contributed by atoms with Gasteiger partial charge < -0.3 is 5.11 Å². The summed E-state index contributed by atoms with van der Waals surface area (Å²) in [7, 11) is -4.53. The standard InChI is InChI=1S/C12H12F3NO4S/c13-12(14,15)10-7-6-9(11(17)18)16(10)21(19,20)8-4-2-1-3-5-8/h1-5,9-10H,6-7H2,(H,17,18). The number of hydrogen-bond donors (Lipinski definition) is 1. The van der Waals surface area contributed by atoms with Crippen molar-refractivity contribution in [2.75, 3.05) is 0 Å². The van der Waals surface area contributed by atoms with E-state index in [1.165, 1.54) is 18.2 Å². The van der Waals surface area contributed by atoms with Crippen molar-refractivity contribution in [1.29, 1.82) is 0 Å². The number of hydrogen-bond acceptors (Lipinski definition) is 3. The molecule has 0 radical (unpaired) electrons. The fraction of sp³-hybridized carbons (Fsp3) is 0.417. The normalized spacial score (nSPS) is 24.1. The summed E-state index contributed by atoms with van der Waals surface area (Å²) in [5.41, 5.74) is 0. The Kier molecular flexibility index (Phi) is 3.98. The summed E-state index contributed by atoms with van der Waals surface area (Å²) in [5.74, 6) is -1.58. The summed E-state index contributed by atoms with van der Waals surface area (Å²) in [6.07, 6.45) is -5.75. The Morgan fingerprint density at radius 1 is 1.19 bits per heavy atom. The van der Waals surface area contributed by atoms with Crippen molar-refractivity contribution in [1.82, 2.24) is 4.31 Å². The highest BCUT2D eigenvalue weighted by molar-refractivity contribution is 7.89. The quantitative estimate of drug-likeness (QED) is 0.921. The molecule has 0 aliphatic carbocycles. The van der Waals surface area contributed by atoms with Crippen LogP contribution < -0.4 is 0 Å². The molecule has 1 aliphatic heterocycles. The van der Waals surface area contributed by atoms with Crippen molar-refractivity contribution in [2.24, 2.45) is 0 Å². The van der Waals surface area contributed by atoms with E-state index in [1.807, 2.05) is 0 Å². The summed E-state index contributed by atoms with van der Waals surface area (Å²) < 4.78 is 63.8. The van der Waals surface area contributed by atoms with Crippen LogP contribution in [0.3, 0.4) is 0 Å². The molecule has 9 heteroatoms. The van der Waals surface area contributed by atoms with Gasteiger partial charge in [-0.1, -0.05) is 18.2 Å². The van der Waals surface area contributed by atoms with E-state index in [2.05, 4.69) is 0 Å². The third-order valence-corrected chi connectivity index (χ3v) is 5.24. The number of nitrogens with zero attached hydrogens (tertiary/aromatic N) is 1. The van der Waals surface area contributed by atoms with E-state index in [1.54, 1.807) is 0 Å². The maximum absolute atomic E-state index is 13.0. The number of alkyl halides is 3. The van der Waals surface area contributed by atoms with Gasteiger partial charge in [0.25, 0.3) is 0 Å². The number of carboxylic acid groups (broad SMARTS) is 1. The van der Waals surface area contributed by atoms with Crippen molar-refractivity contribution >= 4 is 16.0 Å². The van der Waals surface area contributed by atoms with Gasteiger partial charge in [-0.05, 0) is 25.0 Å². The first kappa shape index (κ1) is 15.8. The number of benzene rings is 1. The van der Waals surface area contributed by atoms with Crippen molar-refractivity contribution in [3.8, 4) is 0 Å². The molecule has 0 aromatic heterocycles. The van der Waals surface area contributed by atoms with Crippen molar-refractivity contribution < 1.29 is 31.5 Å². The smallest absolute Gasteiger partial charge is 0.405 e. The van der Waals surface area contributed by atoms with Crippen LogP contribution in [0.25, 0.3) is 0 Å². The fourth-order valence-electron chi connectivity index (χ4n) is 2.38. The molecule has 1 N–H and O–H groups in total. The van der Waals surface area contributed by atoms with Crippen molar-refractivity contribution in [3.63, 3.8) is 0 Å². The number of carboxylic acids is 1. The summed E-state index contributed by atoms with van der Waals surface area (Å²) in [5, 5.41) is 9.00. The fourth-order valence-corrected chi connectivity index (χ4v) is 4.21. The number of sulfonamides is 1. The summed E-state index contributed by atoms with van der Waals surface area (Å²) >= 11 is 0. The third-order valence-electron chi connectivity index (χ3n) is 3.31. The molecule has 5 nitrogen and oxygen atoms in total. The second kappa shape index (κ2) is 5.30. The Morgan fingerprint density at radius 3 is 2.24 bits per heavy atom. The highest BCUT2D eigenvalue weighted by Crippen LogP contribution is 2.39. The lowest BCUT2D eigenvalue weighted by Crippen LogP contribution is -2.50. The van der Waals surface area contributed by atoms with E-state index in [9.17, 15) is 26.4 Å². The topological polar surface area (TPSA) is 74.7 Å². The summed E-state index contributed by atoms with van der Waals surface area (Å²) in [6, 6.07) is 2.49. The zero-order valence-electron chi connectivity index (χ0n) is 10.6. The summed E-state index contributed by atoms with van der Waals surface area (Å²) in [4.78, 5) is 10.7. The lowest BCUT2D eigenvalue weighted by molar-refractivity contribution is -0.169. The Bertz CT molecular complexity index is 630. The van der Waals surface area contributed by atoms with Gasteiger partial charge in [0.1, 0.15) is 12.1 Å². The molecule has 0 amide bonds. The molecule has 0 spiro atoms. The largest absolute Gasteiger partial charge is 0.480 e. The molecule has 116 valence electrons. The first-order valence-corrected chi connectivity index (χ1v) is 7.48. The highest BCUT2D eigenvalue weighted by Gasteiger charge is 2.56. The first-order chi connectivity index (χ1) is 9.65. The van der Waals surface area contributed by atoms with Crippen LogP contribution in [0, 0.1) is 0 Å². The van der Waals surface area contributed by atoms with Crippen LogP contribution in [0.15, 0.2) is 35.2 Å². The molecule has 0 saturated carbocycles. The van der Waals surface area contributed by atoms with Gasteiger partial charge in [0.2, 0.25) is 10.0 Å². The number of carbonyl (C=O) groups is 1. The molecule has 1 aliphatic rings. The number of aliphatic carboxylic acids is 1. The molecule has 2 atom stereocenters. The molecule has 1 heterocycles. The Labute approximate surface area is 119 Å².